The topological polar surface area (TPSA) is 38.8 Å². The summed E-state index contributed by atoms with van der Waals surface area (Å²) in [6.45, 7) is 4.24. The van der Waals surface area contributed by atoms with Crippen molar-refractivity contribution in [1.82, 2.24) is 14.7 Å². The number of likely N-dealkylation sites (tertiary alicyclic amines) is 1. The number of halogens is 7. The molecule has 5 nitrogen and oxygen atoms in total. The predicted octanol–water partition coefficient (Wildman–Crippen LogP) is 4.90. The zero-order chi connectivity index (χ0) is 25.4. The van der Waals surface area contributed by atoms with Crippen LogP contribution in [0.1, 0.15) is 16.7 Å². The maximum Gasteiger partial charge on any atom is 0.416 e. The van der Waals surface area contributed by atoms with Crippen molar-refractivity contribution in [2.45, 2.75) is 24.9 Å². The molecule has 2 heterocycles. The first-order valence-electron chi connectivity index (χ1n) is 10.9. The molecule has 2 amide bonds. The summed E-state index contributed by atoms with van der Waals surface area (Å²) in [6.07, 6.45) is -9.97. The summed E-state index contributed by atoms with van der Waals surface area (Å²) < 4.78 is 91.5. The molecule has 0 aromatic heterocycles. The van der Waals surface area contributed by atoms with Crippen LogP contribution in [0.3, 0.4) is 0 Å². The molecule has 0 unspecified atom stereocenters. The van der Waals surface area contributed by atoms with Gasteiger partial charge in [0.25, 0.3) is 0 Å². The van der Waals surface area contributed by atoms with Gasteiger partial charge < -0.3 is 10.2 Å². The summed E-state index contributed by atoms with van der Waals surface area (Å²) in [5.74, 6) is -0.284. The number of rotatable bonds is 4. The van der Waals surface area contributed by atoms with E-state index in [1.807, 2.05) is 6.07 Å². The van der Waals surface area contributed by atoms with Crippen LogP contribution in [-0.4, -0.2) is 66.0 Å². The summed E-state index contributed by atoms with van der Waals surface area (Å²) in [5, 5.41) is 2.16. The second kappa shape index (κ2) is 9.65. The Balaban J connectivity index is 1.28. The van der Waals surface area contributed by atoms with Crippen molar-refractivity contribution in [1.29, 1.82) is 0 Å². The first kappa shape index (κ1) is 25.2. The summed E-state index contributed by atoms with van der Waals surface area (Å²) in [7, 11) is 0. The number of anilines is 1. The van der Waals surface area contributed by atoms with E-state index < -0.39 is 35.2 Å². The Bertz CT molecular complexity index is 1030. The Morgan fingerprint density at radius 1 is 0.886 bits per heavy atom. The van der Waals surface area contributed by atoms with Crippen LogP contribution in [0.5, 0.6) is 0 Å². The van der Waals surface area contributed by atoms with E-state index in [0.29, 0.717) is 31.8 Å². The van der Waals surface area contributed by atoms with Crippen molar-refractivity contribution in [2.24, 2.45) is 0 Å². The van der Waals surface area contributed by atoms with Crippen molar-refractivity contribution in [3.8, 4) is 0 Å². The van der Waals surface area contributed by atoms with Gasteiger partial charge in [0, 0.05) is 57.5 Å². The van der Waals surface area contributed by atoms with Crippen LogP contribution in [0.15, 0.2) is 42.5 Å². The first-order valence-corrected chi connectivity index (χ1v) is 10.9. The molecular weight excluding hydrogens is 481 g/mol. The molecule has 2 aliphatic heterocycles. The zero-order valence-electron chi connectivity index (χ0n) is 18.5. The molecule has 0 bridgehead atoms. The van der Waals surface area contributed by atoms with Gasteiger partial charge in [-0.25, -0.2) is 9.18 Å². The van der Waals surface area contributed by atoms with Crippen LogP contribution in [-0.2, 0) is 18.9 Å². The minimum Gasteiger partial charge on any atom is -0.321 e. The highest BCUT2D eigenvalue weighted by molar-refractivity contribution is 5.90. The fraction of sp³-hybridized carbons (Fsp3) is 0.435. The predicted molar refractivity (Wildman–Crippen MR) is 114 cm³/mol. The van der Waals surface area contributed by atoms with E-state index in [1.165, 1.54) is 17.0 Å². The standard InChI is InChI=1S/C23H23F7N4O/c24-18-3-1-2-15(8-18)12-32-4-6-33(7-5-32)20-13-34(14-20)21(35)31-19-10-16(22(25,26)27)9-17(11-19)23(28,29)30/h1-3,8-11,20H,4-7,12-14H2,(H,31,35). The molecule has 0 atom stereocenters. The van der Waals surface area contributed by atoms with Crippen LogP contribution in [0, 0.1) is 5.82 Å². The Kier molecular flexibility index (Phi) is 6.96. The molecule has 2 saturated heterocycles. The number of alkyl halides is 6. The molecule has 35 heavy (non-hydrogen) atoms. The third-order valence-electron chi connectivity index (χ3n) is 6.21. The van der Waals surface area contributed by atoms with Gasteiger partial charge in [0.05, 0.1) is 11.1 Å². The van der Waals surface area contributed by atoms with E-state index in [2.05, 4.69) is 15.1 Å². The van der Waals surface area contributed by atoms with Crippen molar-refractivity contribution >= 4 is 11.7 Å². The van der Waals surface area contributed by atoms with Gasteiger partial charge in [-0.1, -0.05) is 12.1 Å². The van der Waals surface area contributed by atoms with Crippen LogP contribution in [0.4, 0.5) is 41.2 Å². The van der Waals surface area contributed by atoms with E-state index in [-0.39, 0.29) is 17.9 Å². The SMILES string of the molecule is O=C(Nc1cc(C(F)(F)F)cc(C(F)(F)F)c1)N1CC(N2CCN(Cc3cccc(F)c3)CC2)C1. The Morgan fingerprint density at radius 2 is 1.49 bits per heavy atom. The van der Waals surface area contributed by atoms with Crippen LogP contribution < -0.4 is 5.32 Å². The van der Waals surface area contributed by atoms with E-state index in [4.69, 9.17) is 0 Å². The average molecular weight is 504 g/mol. The van der Waals surface area contributed by atoms with Gasteiger partial charge in [-0.3, -0.25) is 9.80 Å². The van der Waals surface area contributed by atoms with E-state index in [1.54, 1.807) is 6.07 Å². The Labute approximate surface area is 197 Å². The maximum atomic E-state index is 13.4. The lowest BCUT2D eigenvalue weighted by atomic mass is 10.1. The fourth-order valence-corrected chi connectivity index (χ4v) is 4.26. The van der Waals surface area contributed by atoms with Gasteiger partial charge in [-0.15, -0.1) is 0 Å². The number of benzene rings is 2. The van der Waals surface area contributed by atoms with Gasteiger partial charge in [-0.2, -0.15) is 26.3 Å². The van der Waals surface area contributed by atoms with Gasteiger partial charge in [-0.05, 0) is 35.9 Å². The van der Waals surface area contributed by atoms with Crippen molar-refractivity contribution in [3.05, 3.63) is 65.0 Å². The van der Waals surface area contributed by atoms with E-state index in [0.717, 1.165) is 31.7 Å². The molecule has 4 rings (SSSR count). The molecule has 2 aliphatic rings. The lowest BCUT2D eigenvalue weighted by Gasteiger charge is -2.48. The number of hydrogen-bond donors (Lipinski definition) is 1. The molecule has 190 valence electrons. The Morgan fingerprint density at radius 3 is 2.03 bits per heavy atom. The highest BCUT2D eigenvalue weighted by Gasteiger charge is 2.39. The minimum atomic E-state index is -4.99. The highest BCUT2D eigenvalue weighted by atomic mass is 19.4. The number of nitrogens with zero attached hydrogens (tertiary/aromatic N) is 3. The van der Waals surface area contributed by atoms with E-state index >= 15 is 0 Å². The molecule has 0 spiro atoms. The van der Waals surface area contributed by atoms with Gasteiger partial charge in [0.2, 0.25) is 0 Å². The lowest BCUT2D eigenvalue weighted by molar-refractivity contribution is -0.143. The number of urea groups is 1. The number of amides is 2. The Hall–Kier alpha value is -2.86. The number of piperazine rings is 1. The quantitative estimate of drug-likeness (QED) is 0.603. The normalized spacial score (nSPS) is 18.4. The average Bonchev–Trinajstić information content (AvgIpc) is 2.72. The van der Waals surface area contributed by atoms with Crippen molar-refractivity contribution in [2.75, 3.05) is 44.6 Å². The van der Waals surface area contributed by atoms with Crippen molar-refractivity contribution in [3.63, 3.8) is 0 Å². The number of hydrogen-bond acceptors (Lipinski definition) is 3. The highest BCUT2D eigenvalue weighted by Crippen LogP contribution is 2.37. The summed E-state index contributed by atoms with van der Waals surface area (Å²) in [4.78, 5) is 18.2. The minimum absolute atomic E-state index is 0.0171. The number of nitrogens with one attached hydrogen (secondary N) is 1. The monoisotopic (exact) mass is 504 g/mol. The van der Waals surface area contributed by atoms with Crippen LogP contribution in [0.2, 0.25) is 0 Å². The molecule has 12 heteroatoms. The molecule has 2 aromatic carbocycles. The third kappa shape index (κ3) is 6.23. The molecule has 0 saturated carbocycles. The molecule has 1 N–H and O–H groups in total. The van der Waals surface area contributed by atoms with Crippen LogP contribution >= 0.6 is 0 Å². The van der Waals surface area contributed by atoms with Gasteiger partial charge >= 0.3 is 18.4 Å². The number of carbonyl (C=O) groups is 1. The molecule has 2 aromatic rings. The molecular formula is C23H23F7N4O. The lowest BCUT2D eigenvalue weighted by Crippen LogP contribution is -2.64. The molecule has 2 fully saturated rings. The molecule has 0 radical (unpaired) electrons. The summed E-state index contributed by atoms with van der Waals surface area (Å²) in [5.41, 5.74) is -2.65. The van der Waals surface area contributed by atoms with Crippen LogP contribution in [0.25, 0.3) is 0 Å². The van der Waals surface area contributed by atoms with Crippen molar-refractivity contribution < 1.29 is 35.5 Å². The first-order chi connectivity index (χ1) is 16.4. The molecule has 0 aliphatic carbocycles. The summed E-state index contributed by atoms with van der Waals surface area (Å²) in [6, 6.07) is 6.72. The second-order valence-corrected chi connectivity index (χ2v) is 8.73. The smallest absolute Gasteiger partial charge is 0.321 e. The fourth-order valence-electron chi connectivity index (χ4n) is 4.26. The zero-order valence-corrected chi connectivity index (χ0v) is 18.5. The number of carbonyl (C=O) groups excluding carboxylic acids is 1. The second-order valence-electron chi connectivity index (χ2n) is 8.73. The van der Waals surface area contributed by atoms with E-state index in [9.17, 15) is 35.5 Å². The summed E-state index contributed by atoms with van der Waals surface area (Å²) >= 11 is 0. The maximum absolute atomic E-state index is 13.4. The van der Waals surface area contributed by atoms with Gasteiger partial charge in [0.1, 0.15) is 5.82 Å². The largest absolute Gasteiger partial charge is 0.416 e. The third-order valence-corrected chi connectivity index (χ3v) is 6.21. The van der Waals surface area contributed by atoms with Gasteiger partial charge in [0.15, 0.2) is 0 Å².